The Hall–Kier alpha value is -2.11. The predicted octanol–water partition coefficient (Wildman–Crippen LogP) is 0.525. The van der Waals surface area contributed by atoms with E-state index < -0.39 is 0 Å². The van der Waals surface area contributed by atoms with Crippen LogP contribution in [0.15, 0.2) is 24.7 Å². The monoisotopic (exact) mass is 176 g/mol. The van der Waals surface area contributed by atoms with E-state index in [9.17, 15) is 0 Å². The Labute approximate surface area is 74.2 Å². The lowest BCUT2D eigenvalue weighted by Crippen LogP contribution is -1.97. The van der Waals surface area contributed by atoms with Gasteiger partial charge in [0.15, 0.2) is 0 Å². The number of nitrogens with one attached hydrogen (secondary N) is 2. The first kappa shape index (κ1) is 7.53. The van der Waals surface area contributed by atoms with Gasteiger partial charge in [-0.25, -0.2) is 9.97 Å². The van der Waals surface area contributed by atoms with Crippen molar-refractivity contribution in [3.8, 4) is 0 Å². The van der Waals surface area contributed by atoms with Gasteiger partial charge in [-0.15, -0.1) is 0 Å². The number of H-pyrrole nitrogens is 1. The topological polar surface area (TPSA) is 92.5 Å². The quantitative estimate of drug-likeness (QED) is 0.620. The summed E-state index contributed by atoms with van der Waals surface area (Å²) in [5.41, 5.74) is 5.47. The van der Waals surface area contributed by atoms with E-state index >= 15 is 0 Å². The molecule has 0 amide bonds. The minimum Gasteiger partial charge on any atom is -0.384 e. The second-order valence-corrected chi connectivity index (χ2v) is 2.42. The molecule has 2 heterocycles. The van der Waals surface area contributed by atoms with Gasteiger partial charge in [-0.1, -0.05) is 0 Å². The zero-order valence-electron chi connectivity index (χ0n) is 6.73. The molecule has 6 nitrogen and oxygen atoms in total. The first-order valence-electron chi connectivity index (χ1n) is 3.68. The van der Waals surface area contributed by atoms with E-state index in [2.05, 4.69) is 25.5 Å². The highest BCUT2D eigenvalue weighted by atomic mass is 15.2. The normalized spacial score (nSPS) is 9.85. The Morgan fingerprint density at radius 1 is 1.38 bits per heavy atom. The molecule has 0 unspecified atom stereocenters. The molecule has 0 aliphatic heterocycles. The molecule has 4 N–H and O–H groups in total. The number of rotatable bonds is 2. The van der Waals surface area contributed by atoms with Crippen LogP contribution in [0.25, 0.3) is 0 Å². The molecule has 0 spiro atoms. The summed E-state index contributed by atoms with van der Waals surface area (Å²) in [5, 5.41) is 9.50. The van der Waals surface area contributed by atoms with Crippen molar-refractivity contribution in [2.24, 2.45) is 0 Å². The van der Waals surface area contributed by atoms with Crippen LogP contribution >= 0.6 is 0 Å². The van der Waals surface area contributed by atoms with E-state index in [4.69, 9.17) is 5.73 Å². The fourth-order valence-electron chi connectivity index (χ4n) is 0.904. The molecule has 0 aliphatic carbocycles. The summed E-state index contributed by atoms with van der Waals surface area (Å²) in [5.74, 6) is 1.83. The summed E-state index contributed by atoms with van der Waals surface area (Å²) < 4.78 is 0. The number of aromatic amines is 1. The molecule has 0 atom stereocenters. The zero-order valence-corrected chi connectivity index (χ0v) is 6.73. The largest absolute Gasteiger partial charge is 0.384 e. The van der Waals surface area contributed by atoms with E-state index in [1.54, 1.807) is 18.3 Å². The smallest absolute Gasteiger partial charge is 0.136 e. The number of aromatic nitrogens is 4. The molecule has 2 aromatic rings. The lowest BCUT2D eigenvalue weighted by Gasteiger charge is -2.01. The van der Waals surface area contributed by atoms with Crippen molar-refractivity contribution in [1.29, 1.82) is 0 Å². The standard InChI is InChI=1S/C7H8N6/c8-5-3-7(10-4-9-5)12-6-1-2-11-13-6/h1-4H,(H4,8,9,10,11,12,13). The number of hydrogen-bond donors (Lipinski definition) is 3. The molecule has 0 radical (unpaired) electrons. The molecule has 6 heteroatoms. The van der Waals surface area contributed by atoms with Crippen LogP contribution in [0.2, 0.25) is 0 Å². The van der Waals surface area contributed by atoms with Crippen molar-refractivity contribution in [2.45, 2.75) is 0 Å². The first-order chi connectivity index (χ1) is 6.34. The summed E-state index contributed by atoms with van der Waals surface area (Å²) in [6, 6.07) is 3.43. The van der Waals surface area contributed by atoms with Gasteiger partial charge in [0.1, 0.15) is 23.8 Å². The third kappa shape index (κ3) is 1.73. The fraction of sp³-hybridized carbons (Fsp3) is 0. The lowest BCUT2D eigenvalue weighted by atomic mass is 10.5. The van der Waals surface area contributed by atoms with E-state index in [0.29, 0.717) is 11.6 Å². The van der Waals surface area contributed by atoms with E-state index in [1.165, 1.54) is 6.33 Å². The summed E-state index contributed by atoms with van der Waals surface area (Å²) in [6.07, 6.45) is 3.04. The maximum absolute atomic E-state index is 5.47. The van der Waals surface area contributed by atoms with Gasteiger partial charge in [-0.3, -0.25) is 5.10 Å². The second-order valence-electron chi connectivity index (χ2n) is 2.42. The van der Waals surface area contributed by atoms with Crippen molar-refractivity contribution in [3.63, 3.8) is 0 Å². The summed E-state index contributed by atoms with van der Waals surface area (Å²) >= 11 is 0. The van der Waals surface area contributed by atoms with Crippen LogP contribution in [-0.4, -0.2) is 20.2 Å². The molecule has 2 rings (SSSR count). The van der Waals surface area contributed by atoms with Crippen LogP contribution in [0.3, 0.4) is 0 Å². The van der Waals surface area contributed by atoms with E-state index in [-0.39, 0.29) is 0 Å². The van der Waals surface area contributed by atoms with E-state index in [0.717, 1.165) is 5.82 Å². The van der Waals surface area contributed by atoms with Gasteiger partial charge in [0.05, 0.1) is 6.20 Å². The van der Waals surface area contributed by atoms with Crippen molar-refractivity contribution in [1.82, 2.24) is 20.2 Å². The van der Waals surface area contributed by atoms with Crippen LogP contribution in [0, 0.1) is 0 Å². The lowest BCUT2D eigenvalue weighted by molar-refractivity contribution is 1.08. The maximum Gasteiger partial charge on any atom is 0.136 e. The number of anilines is 3. The number of hydrogen-bond acceptors (Lipinski definition) is 5. The third-order valence-corrected chi connectivity index (χ3v) is 1.45. The molecule has 13 heavy (non-hydrogen) atoms. The zero-order chi connectivity index (χ0) is 9.10. The fourth-order valence-corrected chi connectivity index (χ4v) is 0.904. The molecule has 0 saturated heterocycles. The average molecular weight is 176 g/mol. The Kier molecular flexibility index (Phi) is 1.79. The van der Waals surface area contributed by atoms with Crippen molar-refractivity contribution >= 4 is 17.5 Å². The first-order valence-corrected chi connectivity index (χ1v) is 3.68. The average Bonchev–Trinajstić information content (AvgIpc) is 2.57. The molecule has 0 fully saturated rings. The van der Waals surface area contributed by atoms with Gasteiger partial charge < -0.3 is 11.1 Å². The summed E-state index contributed by atoms with van der Waals surface area (Å²) in [6.45, 7) is 0. The van der Waals surface area contributed by atoms with Crippen molar-refractivity contribution in [2.75, 3.05) is 11.1 Å². The van der Waals surface area contributed by atoms with Crippen LogP contribution in [0.4, 0.5) is 17.5 Å². The molecular formula is C7H8N6. The van der Waals surface area contributed by atoms with Gasteiger partial charge in [-0.05, 0) is 0 Å². The predicted molar refractivity (Wildman–Crippen MR) is 48.3 cm³/mol. The van der Waals surface area contributed by atoms with Gasteiger partial charge in [0.25, 0.3) is 0 Å². The Morgan fingerprint density at radius 2 is 2.31 bits per heavy atom. The number of nitrogen functional groups attached to an aromatic ring is 1. The summed E-state index contributed by atoms with van der Waals surface area (Å²) in [7, 11) is 0. The molecule has 66 valence electrons. The number of nitrogens with zero attached hydrogens (tertiary/aromatic N) is 3. The van der Waals surface area contributed by atoms with Gasteiger partial charge >= 0.3 is 0 Å². The third-order valence-electron chi connectivity index (χ3n) is 1.45. The molecular weight excluding hydrogens is 168 g/mol. The highest BCUT2D eigenvalue weighted by Crippen LogP contribution is 2.10. The second kappa shape index (κ2) is 3.10. The van der Waals surface area contributed by atoms with Crippen molar-refractivity contribution in [3.05, 3.63) is 24.7 Å². The SMILES string of the molecule is Nc1cc(Nc2ccn[nH]2)ncn1. The maximum atomic E-state index is 5.47. The molecule has 0 aromatic carbocycles. The van der Waals surface area contributed by atoms with Gasteiger partial charge in [0, 0.05) is 12.1 Å². The van der Waals surface area contributed by atoms with Crippen LogP contribution in [-0.2, 0) is 0 Å². The highest BCUT2D eigenvalue weighted by molar-refractivity contribution is 5.53. The van der Waals surface area contributed by atoms with Crippen LogP contribution < -0.4 is 11.1 Å². The number of nitrogens with two attached hydrogens (primary N) is 1. The highest BCUT2D eigenvalue weighted by Gasteiger charge is 1.96. The van der Waals surface area contributed by atoms with Crippen LogP contribution in [0.5, 0.6) is 0 Å². The minimum atomic E-state index is 0.428. The van der Waals surface area contributed by atoms with Crippen LogP contribution in [0.1, 0.15) is 0 Å². The Balaban J connectivity index is 2.19. The van der Waals surface area contributed by atoms with E-state index in [1.807, 2.05) is 0 Å². The molecule has 0 bridgehead atoms. The van der Waals surface area contributed by atoms with Crippen molar-refractivity contribution < 1.29 is 0 Å². The minimum absolute atomic E-state index is 0.428. The van der Waals surface area contributed by atoms with Gasteiger partial charge in [-0.2, -0.15) is 5.10 Å². The Morgan fingerprint density at radius 3 is 3.00 bits per heavy atom. The molecule has 2 aromatic heterocycles. The van der Waals surface area contributed by atoms with Gasteiger partial charge in [0.2, 0.25) is 0 Å². The molecule has 0 aliphatic rings. The Bertz CT molecular complexity index is 382. The summed E-state index contributed by atoms with van der Waals surface area (Å²) in [4.78, 5) is 7.73. The molecule has 0 saturated carbocycles.